The molecule has 0 aromatic carbocycles. The van der Waals surface area contributed by atoms with Gasteiger partial charge in [-0.05, 0) is 31.2 Å². The van der Waals surface area contributed by atoms with E-state index < -0.39 is 40.6 Å². The smallest absolute Gasteiger partial charge is 0.439 e. The van der Waals surface area contributed by atoms with Crippen LogP contribution in [0.3, 0.4) is 0 Å². The molecule has 6 nitrogen and oxygen atoms in total. The molecule has 2 amide bonds. The van der Waals surface area contributed by atoms with Crippen molar-refractivity contribution in [2.45, 2.75) is 43.7 Å². The molecule has 4 N–H and O–H groups in total. The van der Waals surface area contributed by atoms with Crippen molar-refractivity contribution in [1.82, 2.24) is 5.32 Å². The fourth-order valence-corrected chi connectivity index (χ4v) is 4.11. The number of aryl methyl sites for hydroxylation is 1. The number of primary amides is 1. The van der Waals surface area contributed by atoms with Crippen LogP contribution in [-0.4, -0.2) is 37.1 Å². The van der Waals surface area contributed by atoms with Crippen LogP contribution >= 0.6 is 11.3 Å². The molecular weight excluding hydrogens is 404 g/mol. The molecule has 27 heavy (non-hydrogen) atoms. The lowest BCUT2D eigenvalue weighted by atomic mass is 9.95. The van der Waals surface area contributed by atoms with Crippen molar-refractivity contribution in [2.75, 3.05) is 12.4 Å². The summed E-state index contributed by atoms with van der Waals surface area (Å²) in [4.78, 5) is 23.5. The minimum atomic E-state index is -6.02. The summed E-state index contributed by atoms with van der Waals surface area (Å²) in [6, 6.07) is 0. The first kappa shape index (κ1) is 21.1. The van der Waals surface area contributed by atoms with Crippen molar-refractivity contribution in [3.63, 3.8) is 0 Å². The number of nitrogens with one attached hydrogen (secondary N) is 2. The van der Waals surface area contributed by atoms with Gasteiger partial charge in [0.1, 0.15) is 5.00 Å². The lowest BCUT2D eigenvalue weighted by Crippen LogP contribution is -2.72. The molecule has 13 heteroatoms. The summed E-state index contributed by atoms with van der Waals surface area (Å²) in [7, 11) is 0.617. The van der Waals surface area contributed by atoms with Crippen molar-refractivity contribution in [2.24, 2.45) is 5.73 Å². The number of thiophene rings is 1. The number of anilines is 1. The van der Waals surface area contributed by atoms with Gasteiger partial charge < -0.3 is 15.8 Å². The van der Waals surface area contributed by atoms with Crippen LogP contribution in [-0.2, 0) is 17.6 Å². The van der Waals surface area contributed by atoms with Gasteiger partial charge in [0.15, 0.2) is 0 Å². The van der Waals surface area contributed by atoms with Gasteiger partial charge in [-0.25, -0.2) is 4.79 Å². The fourth-order valence-electron chi connectivity index (χ4n) is 2.76. The summed E-state index contributed by atoms with van der Waals surface area (Å²) in [5, 5.41) is 1.38. The number of rotatable bonds is 4. The average molecular weight is 419 g/mol. The van der Waals surface area contributed by atoms with Gasteiger partial charge in [0, 0.05) is 4.88 Å². The second-order valence-corrected chi connectivity index (χ2v) is 6.87. The van der Waals surface area contributed by atoms with Crippen molar-refractivity contribution in [3.05, 3.63) is 16.0 Å². The molecule has 152 valence electrons. The number of ether oxygens (including phenoxy) is 1. The molecule has 0 fully saturated rings. The Balaban J connectivity index is 2.64. The van der Waals surface area contributed by atoms with Crippen LogP contribution < -0.4 is 16.4 Å². The molecule has 1 aromatic rings. The number of nitrogens with two attached hydrogens (primary N) is 1. The summed E-state index contributed by atoms with van der Waals surface area (Å²) >= 11 is 0.580. The molecule has 0 saturated carbocycles. The number of amides is 2. The van der Waals surface area contributed by atoms with E-state index in [2.05, 4.69) is 4.74 Å². The van der Waals surface area contributed by atoms with Crippen LogP contribution in [0.15, 0.2) is 0 Å². The highest BCUT2D eigenvalue weighted by atomic mass is 32.1. The Hall–Kier alpha value is -2.18. The maximum atomic E-state index is 13.5. The molecule has 0 radical (unpaired) electrons. The highest BCUT2D eigenvalue weighted by Gasteiger charge is 2.73. The molecule has 0 bridgehead atoms. The number of methoxy groups -OCH3 is 1. The molecule has 2 rings (SSSR count). The molecule has 1 heterocycles. The highest BCUT2D eigenvalue weighted by Crippen LogP contribution is 2.47. The molecular formula is C14H15F6N3O3S. The van der Waals surface area contributed by atoms with Gasteiger partial charge in [-0.1, -0.05) is 0 Å². The number of alkyl carbamates (subject to hydrolysis) is 1. The summed E-state index contributed by atoms with van der Waals surface area (Å²) in [5.74, 6) is -1.16. The van der Waals surface area contributed by atoms with Crippen molar-refractivity contribution >= 4 is 28.3 Å². The molecule has 1 aliphatic carbocycles. The Morgan fingerprint density at radius 2 is 1.63 bits per heavy atom. The van der Waals surface area contributed by atoms with Gasteiger partial charge in [0.25, 0.3) is 5.91 Å². The van der Waals surface area contributed by atoms with Gasteiger partial charge in [-0.3, -0.25) is 10.1 Å². The zero-order valence-electron chi connectivity index (χ0n) is 13.8. The lowest BCUT2D eigenvalue weighted by molar-refractivity contribution is -0.294. The molecule has 1 aromatic heterocycles. The lowest BCUT2D eigenvalue weighted by Gasteiger charge is -2.38. The maximum absolute atomic E-state index is 13.5. The van der Waals surface area contributed by atoms with E-state index in [9.17, 15) is 35.9 Å². The Bertz CT molecular complexity index is 730. The Morgan fingerprint density at radius 1 is 1.07 bits per heavy atom. The van der Waals surface area contributed by atoms with E-state index in [4.69, 9.17) is 5.73 Å². The third kappa shape index (κ3) is 3.77. The maximum Gasteiger partial charge on any atom is 0.439 e. The number of carbonyl (C=O) groups is 2. The first-order chi connectivity index (χ1) is 12.3. The van der Waals surface area contributed by atoms with Crippen molar-refractivity contribution in [3.8, 4) is 0 Å². The first-order valence-corrected chi connectivity index (χ1v) is 8.38. The topological polar surface area (TPSA) is 93.4 Å². The van der Waals surface area contributed by atoms with Crippen LogP contribution in [0.25, 0.3) is 0 Å². The second kappa shape index (κ2) is 7.09. The van der Waals surface area contributed by atoms with E-state index in [0.29, 0.717) is 54.6 Å². The minimum Gasteiger partial charge on any atom is -0.453 e. The third-order valence-corrected chi connectivity index (χ3v) is 5.25. The SMILES string of the molecule is COC(=O)NC(Nc1sc2c(c1C(N)=O)CCCC2)(C(F)(F)F)C(F)(F)F. The van der Waals surface area contributed by atoms with Gasteiger partial charge in [-0.15, -0.1) is 11.3 Å². The average Bonchev–Trinajstić information content (AvgIpc) is 2.89. The fraction of sp³-hybridized carbons (Fsp3) is 0.571. The summed E-state index contributed by atoms with van der Waals surface area (Å²) in [6.07, 6.45) is -12.0. The van der Waals surface area contributed by atoms with E-state index in [1.165, 1.54) is 5.32 Å². The largest absolute Gasteiger partial charge is 0.453 e. The van der Waals surface area contributed by atoms with Crippen LogP contribution in [0.4, 0.5) is 36.1 Å². The zero-order chi connectivity index (χ0) is 20.6. The number of hydrogen-bond acceptors (Lipinski definition) is 5. The number of fused-ring (bicyclic) bond motifs is 1. The Morgan fingerprint density at radius 3 is 2.11 bits per heavy atom. The summed E-state index contributed by atoms with van der Waals surface area (Å²) in [6.45, 7) is 0. The van der Waals surface area contributed by atoms with Gasteiger partial charge >= 0.3 is 24.1 Å². The van der Waals surface area contributed by atoms with Crippen LogP contribution in [0.5, 0.6) is 0 Å². The molecule has 0 aliphatic heterocycles. The number of carbonyl (C=O) groups excluding carboxylic acids is 2. The number of alkyl halides is 6. The minimum absolute atomic E-state index is 0.307. The van der Waals surface area contributed by atoms with Gasteiger partial charge in [-0.2, -0.15) is 26.3 Å². The summed E-state index contributed by atoms with van der Waals surface area (Å²) < 4.78 is 84.9. The van der Waals surface area contributed by atoms with Crippen molar-refractivity contribution in [1.29, 1.82) is 0 Å². The second-order valence-electron chi connectivity index (χ2n) is 5.77. The molecule has 0 saturated heterocycles. The number of hydrogen-bond donors (Lipinski definition) is 3. The van der Waals surface area contributed by atoms with Gasteiger partial charge in [0.2, 0.25) is 0 Å². The predicted molar refractivity (Wildman–Crippen MR) is 83.5 cm³/mol. The van der Waals surface area contributed by atoms with Crippen LogP contribution in [0.2, 0.25) is 0 Å². The van der Waals surface area contributed by atoms with Crippen LogP contribution in [0, 0.1) is 0 Å². The van der Waals surface area contributed by atoms with E-state index in [-0.39, 0.29) is 0 Å². The molecule has 1 aliphatic rings. The normalized spacial score (nSPS) is 15.1. The first-order valence-electron chi connectivity index (χ1n) is 7.56. The number of halogens is 6. The van der Waals surface area contributed by atoms with E-state index in [0.717, 1.165) is 5.32 Å². The van der Waals surface area contributed by atoms with Crippen molar-refractivity contribution < 1.29 is 40.7 Å². The molecule has 0 atom stereocenters. The zero-order valence-corrected chi connectivity index (χ0v) is 14.6. The standard InChI is InChI=1S/C14H15F6N3O3S/c1-26-11(25)23-12(13(15,16)17,14(18,19)20)22-10-8(9(21)24)6-4-2-3-5-7(6)27-10/h22H,2-5H2,1H3,(H2,21,24)(H,23,25). The van der Waals surface area contributed by atoms with Crippen LogP contribution in [0.1, 0.15) is 33.6 Å². The molecule has 0 unspecified atom stereocenters. The monoisotopic (exact) mass is 419 g/mol. The Labute approximate surface area is 153 Å². The quantitative estimate of drug-likeness (QED) is 0.516. The van der Waals surface area contributed by atoms with Gasteiger partial charge in [0.05, 0.1) is 12.7 Å². The van der Waals surface area contributed by atoms with E-state index >= 15 is 0 Å². The third-order valence-electron chi connectivity index (χ3n) is 4.04. The van der Waals surface area contributed by atoms with E-state index in [1.807, 2.05) is 0 Å². The predicted octanol–water partition coefficient (Wildman–Crippen LogP) is 3.31. The van der Waals surface area contributed by atoms with E-state index in [1.54, 1.807) is 0 Å². The Kier molecular flexibility index (Phi) is 5.55. The molecule has 0 spiro atoms. The summed E-state index contributed by atoms with van der Waals surface area (Å²) in [5.41, 5.74) is 0.230. The highest BCUT2D eigenvalue weighted by molar-refractivity contribution is 7.16.